The van der Waals surface area contributed by atoms with Gasteiger partial charge >= 0.3 is 0 Å². The molecule has 1 aromatic rings. The molecule has 0 atom stereocenters. The lowest BCUT2D eigenvalue weighted by atomic mass is 10.2. The normalized spacial score (nSPS) is 10.7. The molecule has 0 aromatic heterocycles. The summed E-state index contributed by atoms with van der Waals surface area (Å²) in [5, 5.41) is 3.14. The van der Waals surface area contributed by atoms with Crippen molar-refractivity contribution in [2.24, 2.45) is 0 Å². The van der Waals surface area contributed by atoms with E-state index >= 15 is 0 Å². The quantitative estimate of drug-likeness (QED) is 0.591. The fourth-order valence-corrected chi connectivity index (χ4v) is 2.08. The van der Waals surface area contributed by atoms with Gasteiger partial charge < -0.3 is 14.8 Å². The van der Waals surface area contributed by atoms with Crippen molar-refractivity contribution in [1.82, 2.24) is 5.32 Å². The van der Waals surface area contributed by atoms with Crippen LogP contribution in [0.4, 0.5) is 0 Å². The number of hydrogen-bond donors (Lipinski definition) is 1. The highest BCUT2D eigenvalue weighted by molar-refractivity contribution is 5.28. The maximum atomic E-state index is 5.69. The van der Waals surface area contributed by atoms with Crippen molar-refractivity contribution in [3.63, 3.8) is 0 Å². The number of rotatable bonds is 12. The molecule has 0 aliphatic carbocycles. The Morgan fingerprint density at radius 3 is 2.65 bits per heavy atom. The zero-order valence-electron chi connectivity index (χ0n) is 13.0. The van der Waals surface area contributed by atoms with Crippen LogP contribution in [-0.2, 0) is 11.3 Å². The van der Waals surface area contributed by atoms with Crippen LogP contribution in [0.25, 0.3) is 0 Å². The maximum absolute atomic E-state index is 5.69. The first-order chi connectivity index (χ1) is 9.86. The van der Waals surface area contributed by atoms with E-state index in [1.54, 1.807) is 0 Å². The van der Waals surface area contributed by atoms with Gasteiger partial charge in [-0.15, -0.1) is 0 Å². The van der Waals surface area contributed by atoms with Gasteiger partial charge in [0, 0.05) is 13.2 Å². The number of nitrogens with one attached hydrogen (secondary N) is 1. The predicted octanol–water partition coefficient (Wildman–Crippen LogP) is 3.77. The van der Waals surface area contributed by atoms with Crippen molar-refractivity contribution in [1.29, 1.82) is 0 Å². The molecule has 3 heteroatoms. The van der Waals surface area contributed by atoms with Gasteiger partial charge in [-0.3, -0.25) is 0 Å². The van der Waals surface area contributed by atoms with Crippen LogP contribution in [0.2, 0.25) is 0 Å². The summed E-state index contributed by atoms with van der Waals surface area (Å²) in [4.78, 5) is 0. The molecule has 1 rings (SSSR count). The molecular formula is C17H29NO2. The summed E-state index contributed by atoms with van der Waals surface area (Å²) < 4.78 is 11.3. The minimum absolute atomic E-state index is 0.623. The van der Waals surface area contributed by atoms with Crippen LogP contribution in [0.1, 0.15) is 44.6 Å². The summed E-state index contributed by atoms with van der Waals surface area (Å²) in [5.41, 5.74) is 1.24. The van der Waals surface area contributed by atoms with Crippen molar-refractivity contribution in [2.75, 3.05) is 26.9 Å². The standard InChI is InChI=1S/C17H29NO2/c1-3-4-5-6-7-11-19-12-13-20-17-10-8-9-16(14-17)15-18-2/h8-10,14,18H,3-7,11-13,15H2,1-2H3. The van der Waals surface area contributed by atoms with Gasteiger partial charge in [-0.05, 0) is 31.2 Å². The van der Waals surface area contributed by atoms with Crippen molar-refractivity contribution in [3.05, 3.63) is 29.8 Å². The third kappa shape index (κ3) is 8.18. The van der Waals surface area contributed by atoms with Gasteiger partial charge in [0.1, 0.15) is 12.4 Å². The van der Waals surface area contributed by atoms with Gasteiger partial charge in [0.25, 0.3) is 0 Å². The molecule has 3 nitrogen and oxygen atoms in total. The molecule has 0 aliphatic rings. The molecule has 0 amide bonds. The highest BCUT2D eigenvalue weighted by Gasteiger charge is 1.97. The maximum Gasteiger partial charge on any atom is 0.119 e. The lowest BCUT2D eigenvalue weighted by Crippen LogP contribution is -2.08. The van der Waals surface area contributed by atoms with Crippen molar-refractivity contribution in [2.45, 2.75) is 45.6 Å². The Bertz CT molecular complexity index is 342. The van der Waals surface area contributed by atoms with Crippen LogP contribution in [0.5, 0.6) is 5.75 Å². The van der Waals surface area contributed by atoms with Crippen LogP contribution in [0.15, 0.2) is 24.3 Å². The molecule has 0 aliphatic heterocycles. The first kappa shape index (κ1) is 17.0. The summed E-state index contributed by atoms with van der Waals surface area (Å²) >= 11 is 0. The van der Waals surface area contributed by atoms with Crippen LogP contribution in [0.3, 0.4) is 0 Å². The average Bonchev–Trinajstić information content (AvgIpc) is 2.46. The van der Waals surface area contributed by atoms with Gasteiger partial charge in [-0.2, -0.15) is 0 Å². The second kappa shape index (κ2) is 11.7. The number of hydrogen-bond acceptors (Lipinski definition) is 3. The fourth-order valence-electron chi connectivity index (χ4n) is 2.08. The predicted molar refractivity (Wildman–Crippen MR) is 84.3 cm³/mol. The summed E-state index contributed by atoms with van der Waals surface area (Å²) in [7, 11) is 1.95. The van der Waals surface area contributed by atoms with E-state index in [0.29, 0.717) is 13.2 Å². The highest BCUT2D eigenvalue weighted by atomic mass is 16.5. The lowest BCUT2D eigenvalue weighted by Gasteiger charge is -2.08. The largest absolute Gasteiger partial charge is 0.491 e. The van der Waals surface area contributed by atoms with Crippen LogP contribution >= 0.6 is 0 Å². The van der Waals surface area contributed by atoms with Crippen molar-refractivity contribution >= 4 is 0 Å². The van der Waals surface area contributed by atoms with Crippen LogP contribution in [-0.4, -0.2) is 26.9 Å². The number of unbranched alkanes of at least 4 members (excludes halogenated alkanes) is 4. The van der Waals surface area contributed by atoms with Gasteiger partial charge in [0.15, 0.2) is 0 Å². The smallest absolute Gasteiger partial charge is 0.119 e. The summed E-state index contributed by atoms with van der Waals surface area (Å²) in [5.74, 6) is 0.921. The molecule has 0 heterocycles. The second-order valence-electron chi connectivity index (χ2n) is 5.05. The van der Waals surface area contributed by atoms with E-state index in [1.165, 1.54) is 31.2 Å². The van der Waals surface area contributed by atoms with E-state index in [4.69, 9.17) is 9.47 Å². The molecule has 20 heavy (non-hydrogen) atoms. The SMILES string of the molecule is CCCCCCCOCCOc1cccc(CNC)c1. The topological polar surface area (TPSA) is 30.5 Å². The Kier molecular flexibility index (Phi) is 9.98. The first-order valence-corrected chi connectivity index (χ1v) is 7.81. The van der Waals surface area contributed by atoms with Crippen molar-refractivity contribution in [3.8, 4) is 5.75 Å². The van der Waals surface area contributed by atoms with Gasteiger partial charge in [-0.25, -0.2) is 0 Å². The Balaban J connectivity index is 2.02. The first-order valence-electron chi connectivity index (χ1n) is 7.81. The molecule has 1 aromatic carbocycles. The van der Waals surface area contributed by atoms with E-state index < -0.39 is 0 Å². The Labute approximate surface area is 123 Å². The zero-order valence-corrected chi connectivity index (χ0v) is 13.0. The van der Waals surface area contributed by atoms with E-state index in [-0.39, 0.29) is 0 Å². The molecule has 0 saturated carbocycles. The molecule has 0 spiro atoms. The second-order valence-corrected chi connectivity index (χ2v) is 5.05. The Morgan fingerprint density at radius 1 is 1.00 bits per heavy atom. The Hall–Kier alpha value is -1.06. The Morgan fingerprint density at radius 2 is 1.85 bits per heavy atom. The number of benzene rings is 1. The summed E-state index contributed by atoms with van der Waals surface area (Å²) in [6.45, 7) is 5.25. The van der Waals surface area contributed by atoms with Gasteiger partial charge in [0.2, 0.25) is 0 Å². The summed E-state index contributed by atoms with van der Waals surface area (Å²) in [6, 6.07) is 8.18. The summed E-state index contributed by atoms with van der Waals surface area (Å²) in [6.07, 6.45) is 6.40. The fraction of sp³-hybridized carbons (Fsp3) is 0.647. The van der Waals surface area contributed by atoms with Crippen molar-refractivity contribution < 1.29 is 9.47 Å². The van der Waals surface area contributed by atoms with E-state index in [2.05, 4.69) is 24.4 Å². The molecule has 1 N–H and O–H groups in total. The molecule has 0 saturated heterocycles. The minimum atomic E-state index is 0.623. The molecule has 0 unspecified atom stereocenters. The molecule has 0 radical (unpaired) electrons. The lowest BCUT2D eigenvalue weighted by molar-refractivity contribution is 0.0970. The molecular weight excluding hydrogens is 250 g/mol. The third-order valence-corrected chi connectivity index (χ3v) is 3.17. The van der Waals surface area contributed by atoms with Gasteiger partial charge in [-0.1, -0.05) is 44.7 Å². The third-order valence-electron chi connectivity index (χ3n) is 3.17. The zero-order chi connectivity index (χ0) is 14.5. The molecule has 0 fully saturated rings. The van der Waals surface area contributed by atoms with Gasteiger partial charge in [0.05, 0.1) is 6.61 Å². The highest BCUT2D eigenvalue weighted by Crippen LogP contribution is 2.13. The monoisotopic (exact) mass is 279 g/mol. The number of ether oxygens (including phenoxy) is 2. The van der Waals surface area contributed by atoms with Crippen LogP contribution in [0, 0.1) is 0 Å². The molecule has 114 valence electrons. The average molecular weight is 279 g/mol. The van der Waals surface area contributed by atoms with E-state index in [0.717, 1.165) is 25.3 Å². The molecule has 0 bridgehead atoms. The van der Waals surface area contributed by atoms with Crippen LogP contribution < -0.4 is 10.1 Å². The minimum Gasteiger partial charge on any atom is -0.491 e. The van der Waals surface area contributed by atoms with E-state index in [1.807, 2.05) is 19.2 Å². The van der Waals surface area contributed by atoms with E-state index in [9.17, 15) is 0 Å².